The van der Waals surface area contributed by atoms with Gasteiger partial charge in [0.15, 0.2) is 6.61 Å². The molecule has 1 N–H and O–H groups in total. The van der Waals surface area contributed by atoms with Crippen molar-refractivity contribution in [3.05, 3.63) is 35.9 Å². The van der Waals surface area contributed by atoms with E-state index in [9.17, 15) is 14.0 Å². The third-order valence-corrected chi connectivity index (χ3v) is 4.40. The Bertz CT molecular complexity index is 782. The van der Waals surface area contributed by atoms with E-state index in [2.05, 4.69) is 15.5 Å². The number of rotatable bonds is 5. The summed E-state index contributed by atoms with van der Waals surface area (Å²) in [5.41, 5.74) is -0.411. The molecule has 138 valence electrons. The van der Waals surface area contributed by atoms with Crippen molar-refractivity contribution in [2.75, 3.05) is 0 Å². The van der Waals surface area contributed by atoms with Gasteiger partial charge in [0.05, 0.1) is 0 Å². The lowest BCUT2D eigenvalue weighted by Gasteiger charge is -2.35. The summed E-state index contributed by atoms with van der Waals surface area (Å²) in [6.45, 7) is 1.22. The number of nitrogens with zero attached hydrogens (tertiary/aromatic N) is 2. The second-order valence-corrected chi connectivity index (χ2v) is 6.42. The molecule has 1 amide bonds. The van der Waals surface area contributed by atoms with E-state index in [4.69, 9.17) is 9.26 Å². The van der Waals surface area contributed by atoms with Crippen LogP contribution in [-0.2, 0) is 20.9 Å². The van der Waals surface area contributed by atoms with E-state index in [0.717, 1.165) is 19.3 Å². The second kappa shape index (κ2) is 7.63. The summed E-state index contributed by atoms with van der Waals surface area (Å²) < 4.78 is 23.4. The molecule has 7 nitrogen and oxygen atoms in total. The van der Waals surface area contributed by atoms with Gasteiger partial charge in [-0.1, -0.05) is 24.4 Å². The number of carbonyl (C=O) groups is 2. The molecule has 1 aliphatic carbocycles. The Morgan fingerprint density at radius 1 is 1.23 bits per heavy atom. The number of ether oxygens (including phenoxy) is 1. The van der Waals surface area contributed by atoms with Gasteiger partial charge in [-0.25, -0.2) is 9.18 Å². The SMILES string of the molecule is CC(=O)NC1(C(=O)OCc2noc(-c3ccc(F)cc3)n2)CCCCC1. The van der Waals surface area contributed by atoms with E-state index >= 15 is 0 Å². The zero-order valence-electron chi connectivity index (χ0n) is 14.5. The number of esters is 1. The van der Waals surface area contributed by atoms with Crippen molar-refractivity contribution in [3.63, 3.8) is 0 Å². The average molecular weight is 361 g/mol. The number of benzene rings is 1. The van der Waals surface area contributed by atoms with Crippen LogP contribution in [0.3, 0.4) is 0 Å². The molecule has 0 saturated heterocycles. The van der Waals surface area contributed by atoms with Crippen molar-refractivity contribution in [2.24, 2.45) is 0 Å². The highest BCUT2D eigenvalue weighted by Crippen LogP contribution is 2.30. The molecule has 2 aromatic rings. The Morgan fingerprint density at radius 3 is 2.58 bits per heavy atom. The van der Waals surface area contributed by atoms with Crippen LogP contribution < -0.4 is 5.32 Å². The standard InChI is InChI=1S/C18H20FN3O4/c1-12(23)21-18(9-3-2-4-10-18)17(24)25-11-15-20-16(26-22-15)13-5-7-14(19)8-6-13/h5-8H,2-4,9-11H2,1H3,(H,21,23). The predicted octanol–water partition coefficient (Wildman–Crippen LogP) is 2.76. The second-order valence-electron chi connectivity index (χ2n) is 6.42. The number of halogens is 1. The summed E-state index contributed by atoms with van der Waals surface area (Å²) in [6, 6.07) is 5.62. The summed E-state index contributed by atoms with van der Waals surface area (Å²) in [7, 11) is 0. The quantitative estimate of drug-likeness (QED) is 0.823. The van der Waals surface area contributed by atoms with E-state index in [1.807, 2.05) is 0 Å². The van der Waals surface area contributed by atoms with Crippen LogP contribution in [0.25, 0.3) is 11.5 Å². The molecular weight excluding hydrogens is 341 g/mol. The maximum atomic E-state index is 13.0. The molecule has 1 heterocycles. The topological polar surface area (TPSA) is 94.3 Å². The summed E-state index contributed by atoms with van der Waals surface area (Å²) in [6.07, 6.45) is 3.84. The number of nitrogens with one attached hydrogen (secondary N) is 1. The maximum absolute atomic E-state index is 13.0. The summed E-state index contributed by atoms with van der Waals surface area (Å²) in [4.78, 5) is 28.2. The highest BCUT2D eigenvalue weighted by atomic mass is 19.1. The van der Waals surface area contributed by atoms with Gasteiger partial charge in [0.1, 0.15) is 11.4 Å². The molecule has 0 aliphatic heterocycles. The first-order chi connectivity index (χ1) is 12.5. The minimum atomic E-state index is -0.979. The van der Waals surface area contributed by atoms with Gasteiger partial charge in [0, 0.05) is 12.5 Å². The van der Waals surface area contributed by atoms with Crippen LogP contribution in [0, 0.1) is 5.82 Å². The van der Waals surface area contributed by atoms with Crippen LogP contribution >= 0.6 is 0 Å². The zero-order chi connectivity index (χ0) is 18.6. The van der Waals surface area contributed by atoms with Gasteiger partial charge in [-0.3, -0.25) is 4.79 Å². The van der Waals surface area contributed by atoms with E-state index in [1.54, 1.807) is 0 Å². The molecule has 0 atom stereocenters. The Morgan fingerprint density at radius 2 is 1.92 bits per heavy atom. The molecule has 8 heteroatoms. The van der Waals surface area contributed by atoms with Crippen LogP contribution in [0.1, 0.15) is 44.9 Å². The smallest absolute Gasteiger partial charge is 0.332 e. The molecule has 0 spiro atoms. The molecule has 1 aromatic heterocycles. The Balaban J connectivity index is 1.65. The van der Waals surface area contributed by atoms with Gasteiger partial charge in [-0.2, -0.15) is 4.98 Å². The molecule has 0 radical (unpaired) electrons. The molecular formula is C18H20FN3O4. The first kappa shape index (κ1) is 18.0. The number of aromatic nitrogens is 2. The molecule has 3 rings (SSSR count). The Kier molecular flexibility index (Phi) is 5.29. The molecule has 0 unspecified atom stereocenters. The van der Waals surface area contributed by atoms with Gasteiger partial charge >= 0.3 is 5.97 Å². The molecule has 1 saturated carbocycles. The summed E-state index contributed by atoms with van der Waals surface area (Å²) >= 11 is 0. The van der Waals surface area contributed by atoms with Crippen molar-refractivity contribution in [2.45, 2.75) is 51.2 Å². The fourth-order valence-corrected chi connectivity index (χ4v) is 3.16. The third kappa shape index (κ3) is 4.07. The van der Waals surface area contributed by atoms with Gasteiger partial charge in [-0.05, 0) is 37.1 Å². The summed E-state index contributed by atoms with van der Waals surface area (Å²) in [5, 5.41) is 6.53. The van der Waals surface area contributed by atoms with Crippen LogP contribution in [-0.4, -0.2) is 27.6 Å². The summed E-state index contributed by atoms with van der Waals surface area (Å²) in [5.74, 6) is -0.697. The lowest BCUT2D eigenvalue weighted by atomic mass is 9.81. The highest BCUT2D eigenvalue weighted by Gasteiger charge is 2.41. The monoisotopic (exact) mass is 361 g/mol. The fourth-order valence-electron chi connectivity index (χ4n) is 3.16. The number of hydrogen-bond donors (Lipinski definition) is 1. The van der Waals surface area contributed by atoms with E-state index < -0.39 is 11.5 Å². The number of hydrogen-bond acceptors (Lipinski definition) is 6. The highest BCUT2D eigenvalue weighted by molar-refractivity contribution is 5.87. The van der Waals surface area contributed by atoms with Crippen LogP contribution in [0.2, 0.25) is 0 Å². The molecule has 1 aromatic carbocycles. The largest absolute Gasteiger partial charge is 0.456 e. The number of amides is 1. The van der Waals surface area contributed by atoms with E-state index in [-0.39, 0.29) is 30.0 Å². The lowest BCUT2D eigenvalue weighted by molar-refractivity contribution is -0.157. The normalized spacial score (nSPS) is 16.1. The molecule has 1 aliphatic rings. The van der Waals surface area contributed by atoms with Gasteiger partial charge < -0.3 is 14.6 Å². The van der Waals surface area contributed by atoms with Gasteiger partial charge in [0.25, 0.3) is 5.89 Å². The van der Waals surface area contributed by atoms with E-state index in [1.165, 1.54) is 31.2 Å². The van der Waals surface area contributed by atoms with Gasteiger partial charge in [0.2, 0.25) is 11.7 Å². The van der Waals surface area contributed by atoms with Crippen molar-refractivity contribution in [1.29, 1.82) is 0 Å². The zero-order valence-corrected chi connectivity index (χ0v) is 14.5. The average Bonchev–Trinajstić information content (AvgIpc) is 3.09. The van der Waals surface area contributed by atoms with Gasteiger partial charge in [-0.15, -0.1) is 0 Å². The predicted molar refractivity (Wildman–Crippen MR) is 89.1 cm³/mol. The van der Waals surface area contributed by atoms with Crippen molar-refractivity contribution in [1.82, 2.24) is 15.5 Å². The lowest BCUT2D eigenvalue weighted by Crippen LogP contribution is -2.55. The molecule has 26 heavy (non-hydrogen) atoms. The van der Waals surface area contributed by atoms with Crippen LogP contribution in [0.15, 0.2) is 28.8 Å². The van der Waals surface area contributed by atoms with Crippen LogP contribution in [0.4, 0.5) is 4.39 Å². The first-order valence-corrected chi connectivity index (χ1v) is 8.53. The van der Waals surface area contributed by atoms with Crippen LogP contribution in [0.5, 0.6) is 0 Å². The minimum Gasteiger partial charge on any atom is -0.456 e. The maximum Gasteiger partial charge on any atom is 0.332 e. The van der Waals surface area contributed by atoms with Crippen molar-refractivity contribution in [3.8, 4) is 11.5 Å². The fraction of sp³-hybridized carbons (Fsp3) is 0.444. The Labute approximate surface area is 149 Å². The minimum absolute atomic E-state index is 0.162. The van der Waals surface area contributed by atoms with Crippen molar-refractivity contribution < 1.29 is 23.2 Å². The molecule has 0 bridgehead atoms. The Hall–Kier alpha value is -2.77. The van der Waals surface area contributed by atoms with Crippen molar-refractivity contribution >= 4 is 11.9 Å². The number of carbonyl (C=O) groups excluding carboxylic acids is 2. The first-order valence-electron chi connectivity index (χ1n) is 8.53. The molecule has 1 fully saturated rings. The third-order valence-electron chi connectivity index (χ3n) is 4.40. The van der Waals surface area contributed by atoms with E-state index in [0.29, 0.717) is 18.4 Å².